The smallest absolute Gasteiger partial charge is 0.277 e. The first-order valence-corrected chi connectivity index (χ1v) is 6.13. The lowest BCUT2D eigenvalue weighted by molar-refractivity contribution is -0.106. The van der Waals surface area contributed by atoms with Gasteiger partial charge in [0.05, 0.1) is 5.69 Å². The predicted octanol–water partition coefficient (Wildman–Crippen LogP) is 1.61. The van der Waals surface area contributed by atoms with E-state index in [-0.39, 0.29) is 16.4 Å². The average Bonchev–Trinajstić information content (AvgIpc) is 2.28. The summed E-state index contributed by atoms with van der Waals surface area (Å²) in [6, 6.07) is 11.9. The summed E-state index contributed by atoms with van der Waals surface area (Å²) in [5.74, 6) is 0. The molecule has 6 heteroatoms. The molecule has 0 aliphatic carbocycles. The van der Waals surface area contributed by atoms with Gasteiger partial charge in [0, 0.05) is 0 Å². The van der Waals surface area contributed by atoms with Crippen molar-refractivity contribution in [2.24, 2.45) is 0 Å². The molecule has 0 heterocycles. The van der Waals surface area contributed by atoms with Crippen LogP contribution in [0.5, 0.6) is 0 Å². The highest BCUT2D eigenvalue weighted by atomic mass is 32.2. The molecular formula is C11H9NO4S. The number of amides is 1. The maximum Gasteiger partial charge on any atom is 0.366 e. The van der Waals surface area contributed by atoms with E-state index in [4.69, 9.17) is 4.55 Å². The number of fused-ring (bicyclic) bond motifs is 1. The van der Waals surface area contributed by atoms with E-state index in [1.165, 1.54) is 12.1 Å². The fraction of sp³-hybridized carbons (Fsp3) is 0. The maximum atomic E-state index is 10.9. The Labute approximate surface area is 98.2 Å². The van der Waals surface area contributed by atoms with Gasteiger partial charge in [-0.05, 0) is 22.9 Å². The number of hydrogen-bond donors (Lipinski definition) is 1. The molecule has 0 unspecified atom stereocenters. The third kappa shape index (κ3) is 2.27. The summed E-state index contributed by atoms with van der Waals surface area (Å²) in [6.07, 6.45) is 0.0550. The lowest BCUT2D eigenvalue weighted by atomic mass is 10.1. The van der Waals surface area contributed by atoms with Crippen LogP contribution in [0.25, 0.3) is 10.8 Å². The number of carbonyl (C=O) groups is 1. The third-order valence-corrected chi connectivity index (χ3v) is 3.13. The molecule has 0 atom stereocenters. The van der Waals surface area contributed by atoms with Crippen molar-refractivity contribution in [3.8, 4) is 0 Å². The van der Waals surface area contributed by atoms with Crippen LogP contribution in [0.15, 0.2) is 42.5 Å². The first-order chi connectivity index (χ1) is 8.02. The minimum atomic E-state index is -4.57. The van der Waals surface area contributed by atoms with Gasteiger partial charge in [-0.25, -0.2) is 0 Å². The van der Waals surface area contributed by atoms with Gasteiger partial charge in [-0.15, -0.1) is 0 Å². The van der Waals surface area contributed by atoms with Gasteiger partial charge in [0.25, 0.3) is 0 Å². The average molecular weight is 251 g/mol. The van der Waals surface area contributed by atoms with Crippen molar-refractivity contribution in [3.05, 3.63) is 42.5 Å². The van der Waals surface area contributed by atoms with Crippen LogP contribution in [0, 0.1) is 0 Å². The molecule has 88 valence electrons. The van der Waals surface area contributed by atoms with E-state index in [0.29, 0.717) is 0 Å². The molecule has 17 heavy (non-hydrogen) atoms. The first kappa shape index (κ1) is 11.6. The molecule has 0 spiro atoms. The molecule has 0 aliphatic rings. The van der Waals surface area contributed by atoms with Gasteiger partial charge < -0.3 is 0 Å². The maximum absolute atomic E-state index is 10.9. The van der Waals surface area contributed by atoms with Crippen LogP contribution in [-0.4, -0.2) is 19.4 Å². The number of hydrogen-bond acceptors (Lipinski definition) is 3. The quantitative estimate of drug-likeness (QED) is 0.664. The predicted molar refractivity (Wildman–Crippen MR) is 64.0 cm³/mol. The minimum absolute atomic E-state index is 0.0550. The van der Waals surface area contributed by atoms with Crippen LogP contribution in [0.3, 0.4) is 0 Å². The van der Waals surface area contributed by atoms with Gasteiger partial charge in [-0.2, -0.15) is 12.7 Å². The monoisotopic (exact) mass is 251 g/mol. The largest absolute Gasteiger partial charge is 0.366 e. The first-order valence-electron chi connectivity index (χ1n) is 4.73. The Morgan fingerprint density at radius 2 is 1.71 bits per heavy atom. The molecule has 5 nitrogen and oxygen atoms in total. The van der Waals surface area contributed by atoms with E-state index in [1.54, 1.807) is 18.2 Å². The van der Waals surface area contributed by atoms with Crippen LogP contribution >= 0.6 is 0 Å². The lowest BCUT2D eigenvalue weighted by Gasteiger charge is -2.13. The zero-order valence-corrected chi connectivity index (χ0v) is 9.46. The fourth-order valence-electron chi connectivity index (χ4n) is 1.56. The molecule has 2 aromatic carbocycles. The van der Waals surface area contributed by atoms with Gasteiger partial charge >= 0.3 is 10.3 Å². The van der Waals surface area contributed by atoms with Gasteiger partial charge in [0.1, 0.15) is 0 Å². The van der Waals surface area contributed by atoms with Crippen molar-refractivity contribution in [2.75, 3.05) is 4.31 Å². The van der Waals surface area contributed by atoms with Crippen molar-refractivity contribution in [3.63, 3.8) is 0 Å². The van der Waals surface area contributed by atoms with Crippen LogP contribution < -0.4 is 4.31 Å². The summed E-state index contributed by atoms with van der Waals surface area (Å²) in [6.45, 7) is 0. The number of anilines is 1. The molecule has 2 rings (SSSR count). The van der Waals surface area contributed by atoms with Gasteiger partial charge in [0.15, 0.2) is 0 Å². The lowest BCUT2D eigenvalue weighted by Crippen LogP contribution is -2.28. The standard InChI is InChI=1S/C11H9NO4S/c13-8-12(17(14,15)16)11-6-5-9-3-1-2-4-10(9)7-11/h1-8H,(H,14,15,16). The van der Waals surface area contributed by atoms with Crippen LogP contribution in [-0.2, 0) is 15.1 Å². The Hall–Kier alpha value is -1.92. The Balaban J connectivity index is 2.60. The number of benzene rings is 2. The van der Waals surface area contributed by atoms with Crippen molar-refractivity contribution in [1.29, 1.82) is 0 Å². The second-order valence-electron chi connectivity index (χ2n) is 3.41. The normalized spacial score (nSPS) is 11.4. The molecule has 0 bridgehead atoms. The fourth-order valence-corrected chi connectivity index (χ4v) is 2.05. The van der Waals surface area contributed by atoms with Crippen LogP contribution in [0.1, 0.15) is 0 Å². The Bertz CT molecular complexity index is 666. The molecule has 0 aliphatic heterocycles. The Kier molecular flexibility index (Phi) is 2.83. The second-order valence-corrected chi connectivity index (χ2v) is 4.70. The number of rotatable bonds is 3. The number of carbonyl (C=O) groups excluding carboxylic acids is 1. The number of nitrogens with zero attached hydrogens (tertiary/aromatic N) is 1. The van der Waals surface area contributed by atoms with Crippen molar-refractivity contribution < 1.29 is 17.8 Å². The van der Waals surface area contributed by atoms with E-state index in [9.17, 15) is 13.2 Å². The molecule has 0 fully saturated rings. The molecule has 0 aromatic heterocycles. The van der Waals surface area contributed by atoms with Gasteiger partial charge in [-0.1, -0.05) is 30.3 Å². The zero-order chi connectivity index (χ0) is 12.5. The summed E-state index contributed by atoms with van der Waals surface area (Å²) in [5, 5.41) is 1.69. The van der Waals surface area contributed by atoms with Crippen LogP contribution in [0.4, 0.5) is 5.69 Å². The highest BCUT2D eigenvalue weighted by Gasteiger charge is 2.18. The third-order valence-electron chi connectivity index (χ3n) is 2.33. The highest BCUT2D eigenvalue weighted by Crippen LogP contribution is 2.22. The van der Waals surface area contributed by atoms with Gasteiger partial charge in [0.2, 0.25) is 6.41 Å². The van der Waals surface area contributed by atoms with Crippen molar-refractivity contribution in [1.82, 2.24) is 0 Å². The SMILES string of the molecule is O=CN(c1ccc2ccccc2c1)S(=O)(=O)O. The molecule has 0 saturated heterocycles. The second kappa shape index (κ2) is 4.15. The summed E-state index contributed by atoms with van der Waals surface area (Å²) in [7, 11) is -4.57. The van der Waals surface area contributed by atoms with Crippen molar-refractivity contribution >= 4 is 33.2 Å². The Morgan fingerprint density at radius 3 is 2.29 bits per heavy atom. The molecule has 0 radical (unpaired) electrons. The summed E-state index contributed by atoms with van der Waals surface area (Å²) in [5.41, 5.74) is 0.0983. The minimum Gasteiger partial charge on any atom is -0.277 e. The van der Waals surface area contributed by atoms with Gasteiger partial charge in [-0.3, -0.25) is 9.35 Å². The van der Waals surface area contributed by atoms with E-state index >= 15 is 0 Å². The Morgan fingerprint density at radius 1 is 1.06 bits per heavy atom. The summed E-state index contributed by atoms with van der Waals surface area (Å²) >= 11 is 0. The van der Waals surface area contributed by atoms with E-state index in [2.05, 4.69) is 0 Å². The zero-order valence-electron chi connectivity index (χ0n) is 8.65. The molecular weight excluding hydrogens is 242 g/mol. The summed E-state index contributed by atoms with van der Waals surface area (Å²) in [4.78, 5) is 10.7. The molecule has 1 N–H and O–H groups in total. The molecule has 0 saturated carbocycles. The topological polar surface area (TPSA) is 74.7 Å². The molecule has 1 amide bonds. The highest BCUT2D eigenvalue weighted by molar-refractivity contribution is 7.88. The van der Waals surface area contributed by atoms with E-state index in [0.717, 1.165) is 10.8 Å². The van der Waals surface area contributed by atoms with E-state index in [1.807, 2.05) is 12.1 Å². The van der Waals surface area contributed by atoms with Crippen molar-refractivity contribution in [2.45, 2.75) is 0 Å². The summed E-state index contributed by atoms with van der Waals surface area (Å²) < 4.78 is 31.0. The molecule has 2 aromatic rings. The van der Waals surface area contributed by atoms with Crippen LogP contribution in [0.2, 0.25) is 0 Å². The van der Waals surface area contributed by atoms with E-state index < -0.39 is 10.3 Å².